The number of aryl methyl sites for hydroxylation is 1. The van der Waals surface area contributed by atoms with Crippen molar-refractivity contribution in [2.75, 3.05) is 18.4 Å². The number of pyridine rings is 1. The number of rotatable bonds is 6. The van der Waals surface area contributed by atoms with Crippen molar-refractivity contribution < 1.29 is 14.5 Å². The molecule has 4 N–H and O–H groups in total. The normalized spacial score (nSPS) is 13.5. The van der Waals surface area contributed by atoms with Crippen molar-refractivity contribution in [2.24, 2.45) is 10.9 Å². The fraction of sp³-hybridized carbons (Fsp3) is 0.174. The van der Waals surface area contributed by atoms with Gasteiger partial charge in [0, 0.05) is 54.8 Å². The van der Waals surface area contributed by atoms with Crippen LogP contribution >= 0.6 is 0 Å². The molecule has 5 rings (SSSR count). The largest absolute Gasteiger partial charge is 0.409 e. The molecule has 33 heavy (non-hydrogen) atoms. The minimum Gasteiger partial charge on any atom is -0.409 e. The van der Waals surface area contributed by atoms with E-state index in [0.717, 1.165) is 21.9 Å². The summed E-state index contributed by atoms with van der Waals surface area (Å²) in [5.41, 5.74) is 8.49. The first-order valence-electron chi connectivity index (χ1n) is 10.4. The van der Waals surface area contributed by atoms with Gasteiger partial charge in [-0.05, 0) is 29.1 Å². The van der Waals surface area contributed by atoms with Crippen molar-refractivity contribution in [1.82, 2.24) is 20.0 Å². The number of oxime groups is 1. The van der Waals surface area contributed by atoms with Gasteiger partial charge in [0.2, 0.25) is 11.7 Å². The molecule has 0 bridgehead atoms. The fourth-order valence-corrected chi connectivity index (χ4v) is 3.93. The van der Waals surface area contributed by atoms with Gasteiger partial charge in [-0.15, -0.1) is 0 Å². The van der Waals surface area contributed by atoms with Crippen LogP contribution in [0, 0.1) is 6.92 Å². The van der Waals surface area contributed by atoms with Crippen LogP contribution in [0.15, 0.2) is 58.3 Å². The fourth-order valence-electron chi connectivity index (χ4n) is 3.93. The highest BCUT2D eigenvalue weighted by Gasteiger charge is 2.27. The Morgan fingerprint density at radius 3 is 2.94 bits per heavy atom. The SMILES string of the molecule is Cc1nc(-c2ccc3ccnc(NCCN4Cc5ccc(C(N)=NO)cc5C4=O)c3c2)no1. The lowest BCUT2D eigenvalue weighted by Gasteiger charge is -2.17. The summed E-state index contributed by atoms with van der Waals surface area (Å²) in [7, 11) is 0. The molecule has 10 heteroatoms. The number of amides is 1. The molecule has 0 fully saturated rings. The van der Waals surface area contributed by atoms with Crippen LogP contribution in [0.1, 0.15) is 27.4 Å². The Balaban J connectivity index is 1.31. The topological polar surface area (TPSA) is 143 Å². The van der Waals surface area contributed by atoms with Crippen molar-refractivity contribution in [3.05, 3.63) is 71.2 Å². The standard InChI is InChI=1S/C23H21N7O3/c1-13-27-21(29-33-13)16-4-2-14-6-7-25-22(18(14)11-16)26-8-9-30-12-17-5-3-15(20(24)28-32)10-19(17)23(30)31/h2-7,10-11,32H,8-9,12H2,1H3,(H2,24,28)(H,25,26). The molecule has 0 spiro atoms. The molecule has 0 unspecified atom stereocenters. The first-order valence-corrected chi connectivity index (χ1v) is 10.4. The molecule has 2 aromatic heterocycles. The Morgan fingerprint density at radius 1 is 1.27 bits per heavy atom. The molecule has 0 atom stereocenters. The first-order chi connectivity index (χ1) is 16.0. The number of fused-ring (bicyclic) bond motifs is 2. The van der Waals surface area contributed by atoms with Crippen LogP contribution in [0.4, 0.5) is 5.82 Å². The van der Waals surface area contributed by atoms with Gasteiger partial charge in [0.05, 0.1) is 0 Å². The van der Waals surface area contributed by atoms with Gasteiger partial charge in [-0.3, -0.25) is 4.79 Å². The number of anilines is 1. The second-order valence-electron chi connectivity index (χ2n) is 7.74. The van der Waals surface area contributed by atoms with E-state index in [-0.39, 0.29) is 11.7 Å². The van der Waals surface area contributed by atoms with Gasteiger partial charge < -0.3 is 25.7 Å². The minimum atomic E-state index is -0.0833. The number of aromatic nitrogens is 3. The smallest absolute Gasteiger partial charge is 0.254 e. The van der Waals surface area contributed by atoms with E-state index in [1.165, 1.54) is 0 Å². The number of hydrogen-bond acceptors (Lipinski definition) is 8. The zero-order chi connectivity index (χ0) is 22.9. The summed E-state index contributed by atoms with van der Waals surface area (Å²) < 4.78 is 5.09. The maximum absolute atomic E-state index is 12.8. The first kappa shape index (κ1) is 20.4. The molecular formula is C23H21N7O3. The number of nitrogens with one attached hydrogen (secondary N) is 1. The van der Waals surface area contributed by atoms with Crippen LogP contribution in [-0.2, 0) is 6.54 Å². The van der Waals surface area contributed by atoms with E-state index in [0.29, 0.717) is 48.3 Å². The summed E-state index contributed by atoms with van der Waals surface area (Å²) in [5.74, 6) is 1.64. The highest BCUT2D eigenvalue weighted by molar-refractivity contribution is 6.03. The molecule has 0 saturated carbocycles. The van der Waals surface area contributed by atoms with Gasteiger partial charge in [0.25, 0.3) is 5.91 Å². The quantitative estimate of drug-likeness (QED) is 0.179. The number of amidine groups is 1. The predicted molar refractivity (Wildman–Crippen MR) is 122 cm³/mol. The lowest BCUT2D eigenvalue weighted by molar-refractivity contribution is 0.0784. The Bertz CT molecular complexity index is 1400. The summed E-state index contributed by atoms with van der Waals surface area (Å²) >= 11 is 0. The number of nitrogens with zero attached hydrogens (tertiary/aromatic N) is 5. The minimum absolute atomic E-state index is 0.0249. The summed E-state index contributed by atoms with van der Waals surface area (Å²) in [4.78, 5) is 23.4. The molecule has 0 aliphatic carbocycles. The van der Waals surface area contributed by atoms with Crippen LogP contribution in [-0.4, -0.2) is 50.1 Å². The molecular weight excluding hydrogens is 422 g/mol. The highest BCUT2D eigenvalue weighted by Crippen LogP contribution is 2.27. The van der Waals surface area contributed by atoms with E-state index in [2.05, 4.69) is 25.6 Å². The van der Waals surface area contributed by atoms with Gasteiger partial charge in [-0.2, -0.15) is 4.98 Å². The van der Waals surface area contributed by atoms with E-state index in [1.807, 2.05) is 30.3 Å². The number of nitrogens with two attached hydrogens (primary N) is 1. The summed E-state index contributed by atoms with van der Waals surface area (Å²) in [6, 6.07) is 13.1. The third-order valence-corrected chi connectivity index (χ3v) is 5.62. The van der Waals surface area contributed by atoms with Gasteiger partial charge in [-0.1, -0.05) is 34.6 Å². The number of carbonyl (C=O) groups excluding carboxylic acids is 1. The lowest BCUT2D eigenvalue weighted by atomic mass is 10.1. The van der Waals surface area contributed by atoms with Crippen molar-refractivity contribution >= 4 is 28.3 Å². The summed E-state index contributed by atoms with van der Waals surface area (Å²) in [5, 5.41) is 21.2. The molecule has 1 amide bonds. The number of benzene rings is 2. The van der Waals surface area contributed by atoms with Gasteiger partial charge >= 0.3 is 0 Å². The average molecular weight is 443 g/mol. The Labute approximate surface area is 188 Å². The Hall–Kier alpha value is -4.47. The van der Waals surface area contributed by atoms with Crippen LogP contribution in [0.5, 0.6) is 0 Å². The number of hydrogen-bond donors (Lipinski definition) is 3. The monoisotopic (exact) mass is 443 g/mol. The zero-order valence-corrected chi connectivity index (χ0v) is 17.8. The van der Waals surface area contributed by atoms with Crippen molar-refractivity contribution in [3.63, 3.8) is 0 Å². The lowest BCUT2D eigenvalue weighted by Crippen LogP contribution is -2.29. The predicted octanol–water partition coefficient (Wildman–Crippen LogP) is 2.76. The molecule has 0 radical (unpaired) electrons. The average Bonchev–Trinajstić information content (AvgIpc) is 3.41. The molecule has 1 aliphatic heterocycles. The summed E-state index contributed by atoms with van der Waals surface area (Å²) in [6.45, 7) is 3.27. The second-order valence-corrected chi connectivity index (χ2v) is 7.74. The second kappa shape index (κ2) is 8.23. The van der Waals surface area contributed by atoms with E-state index >= 15 is 0 Å². The van der Waals surface area contributed by atoms with E-state index in [1.54, 1.807) is 30.2 Å². The molecule has 3 heterocycles. The molecule has 166 valence electrons. The van der Waals surface area contributed by atoms with Crippen LogP contribution in [0.2, 0.25) is 0 Å². The maximum atomic E-state index is 12.8. The van der Waals surface area contributed by atoms with Crippen molar-refractivity contribution in [3.8, 4) is 11.4 Å². The molecule has 1 aliphatic rings. The van der Waals surface area contributed by atoms with Gasteiger partial charge in [-0.25, -0.2) is 4.98 Å². The molecule has 2 aromatic carbocycles. The molecule has 10 nitrogen and oxygen atoms in total. The Morgan fingerprint density at radius 2 is 2.15 bits per heavy atom. The van der Waals surface area contributed by atoms with Crippen molar-refractivity contribution in [1.29, 1.82) is 0 Å². The van der Waals surface area contributed by atoms with Crippen molar-refractivity contribution in [2.45, 2.75) is 13.5 Å². The summed E-state index contributed by atoms with van der Waals surface area (Å²) in [6.07, 6.45) is 1.74. The van der Waals surface area contributed by atoms with Crippen LogP contribution in [0.25, 0.3) is 22.2 Å². The van der Waals surface area contributed by atoms with Crippen LogP contribution < -0.4 is 11.1 Å². The third kappa shape index (κ3) is 3.82. The van der Waals surface area contributed by atoms with E-state index in [9.17, 15) is 4.79 Å². The number of carbonyl (C=O) groups is 1. The zero-order valence-electron chi connectivity index (χ0n) is 17.8. The van der Waals surface area contributed by atoms with Crippen LogP contribution in [0.3, 0.4) is 0 Å². The third-order valence-electron chi connectivity index (χ3n) is 5.62. The van der Waals surface area contributed by atoms with E-state index in [4.69, 9.17) is 15.5 Å². The molecule has 4 aromatic rings. The van der Waals surface area contributed by atoms with Gasteiger partial charge in [0.15, 0.2) is 5.84 Å². The molecule has 0 saturated heterocycles. The Kier molecular flexibility index (Phi) is 5.09. The highest BCUT2D eigenvalue weighted by atomic mass is 16.5. The van der Waals surface area contributed by atoms with Gasteiger partial charge in [0.1, 0.15) is 5.82 Å². The van der Waals surface area contributed by atoms with E-state index < -0.39 is 0 Å². The maximum Gasteiger partial charge on any atom is 0.254 e.